The highest BCUT2D eigenvalue weighted by atomic mass is 19.4. The molecule has 110 valence electrons. The highest BCUT2D eigenvalue weighted by Gasteiger charge is 2.30. The first-order valence-corrected chi connectivity index (χ1v) is 5.86. The lowest BCUT2D eigenvalue weighted by Gasteiger charge is -2.13. The molecule has 1 unspecified atom stereocenters. The maximum absolute atomic E-state index is 12.5. The third-order valence-electron chi connectivity index (χ3n) is 2.66. The van der Waals surface area contributed by atoms with Gasteiger partial charge in [0.2, 0.25) is 5.91 Å². The van der Waals surface area contributed by atoms with Gasteiger partial charge >= 0.3 is 12.1 Å². The molecule has 0 saturated carbocycles. The third-order valence-corrected chi connectivity index (χ3v) is 2.66. The van der Waals surface area contributed by atoms with Crippen molar-refractivity contribution in [2.45, 2.75) is 19.5 Å². The Morgan fingerprint density at radius 3 is 2.55 bits per heavy atom. The van der Waals surface area contributed by atoms with Crippen molar-refractivity contribution >= 4 is 11.9 Å². The monoisotopic (exact) mass is 289 g/mol. The van der Waals surface area contributed by atoms with Crippen molar-refractivity contribution in [2.75, 3.05) is 6.54 Å². The van der Waals surface area contributed by atoms with Crippen LogP contribution >= 0.6 is 0 Å². The van der Waals surface area contributed by atoms with E-state index in [1.165, 1.54) is 19.1 Å². The lowest BCUT2D eigenvalue weighted by Crippen LogP contribution is -2.34. The van der Waals surface area contributed by atoms with Crippen molar-refractivity contribution < 1.29 is 27.9 Å². The number of carboxylic acid groups (broad SMARTS) is 1. The van der Waals surface area contributed by atoms with Gasteiger partial charge in [-0.05, 0) is 18.1 Å². The number of hydrogen-bond acceptors (Lipinski definition) is 2. The first-order valence-electron chi connectivity index (χ1n) is 5.86. The maximum Gasteiger partial charge on any atom is 0.416 e. The Kier molecular flexibility index (Phi) is 5.12. The van der Waals surface area contributed by atoms with Crippen LogP contribution in [0, 0.1) is 5.92 Å². The van der Waals surface area contributed by atoms with Crippen LogP contribution in [0.25, 0.3) is 0 Å². The first kappa shape index (κ1) is 16.0. The summed E-state index contributed by atoms with van der Waals surface area (Å²) in [5, 5.41) is 10.6. The number of carbonyl (C=O) groups excluding carboxylic acids is 1. The minimum absolute atomic E-state index is 0.107. The van der Waals surface area contributed by atoms with Crippen molar-refractivity contribution in [3.63, 3.8) is 0 Å². The molecule has 1 atom stereocenters. The van der Waals surface area contributed by atoms with Gasteiger partial charge in [-0.2, -0.15) is 13.2 Å². The molecule has 0 aliphatic heterocycles. The quantitative estimate of drug-likeness (QED) is 0.872. The molecule has 4 nitrogen and oxygen atoms in total. The van der Waals surface area contributed by atoms with Gasteiger partial charge in [-0.3, -0.25) is 9.59 Å². The molecule has 0 saturated heterocycles. The van der Waals surface area contributed by atoms with Crippen molar-refractivity contribution in [1.82, 2.24) is 5.32 Å². The molecule has 1 amide bonds. The Labute approximate surface area is 113 Å². The highest BCUT2D eigenvalue weighted by molar-refractivity contribution is 5.82. The number of hydrogen-bond donors (Lipinski definition) is 2. The summed E-state index contributed by atoms with van der Waals surface area (Å²) < 4.78 is 37.6. The fourth-order valence-corrected chi connectivity index (χ4v) is 1.66. The number of amides is 1. The lowest BCUT2D eigenvalue weighted by molar-refractivity contribution is -0.138. The summed E-state index contributed by atoms with van der Waals surface area (Å²) in [7, 11) is 0. The van der Waals surface area contributed by atoms with Gasteiger partial charge in [0.05, 0.1) is 5.56 Å². The molecule has 0 radical (unpaired) electrons. The van der Waals surface area contributed by atoms with Gasteiger partial charge in [0, 0.05) is 5.92 Å². The van der Waals surface area contributed by atoms with Crippen molar-refractivity contribution in [2.24, 2.45) is 5.92 Å². The fraction of sp³-hybridized carbons (Fsp3) is 0.385. The fourth-order valence-electron chi connectivity index (χ4n) is 1.66. The van der Waals surface area contributed by atoms with E-state index in [4.69, 9.17) is 5.11 Å². The standard InChI is InChI=1S/C13H14F3NO3/c1-8(12(20)17-7-11(18)19)5-9-3-2-4-10(6-9)13(14,15)16/h2-4,6,8H,5,7H2,1H3,(H,17,20)(H,18,19). The zero-order chi connectivity index (χ0) is 15.3. The van der Waals surface area contributed by atoms with Crippen LogP contribution in [-0.4, -0.2) is 23.5 Å². The van der Waals surface area contributed by atoms with E-state index in [0.29, 0.717) is 5.56 Å². The van der Waals surface area contributed by atoms with Gasteiger partial charge in [-0.15, -0.1) is 0 Å². The number of carboxylic acids is 1. The number of rotatable bonds is 5. The summed E-state index contributed by atoms with van der Waals surface area (Å²) in [6.07, 6.45) is -4.32. The predicted octanol–water partition coefficient (Wildman–Crippen LogP) is 2.08. The molecule has 2 N–H and O–H groups in total. The Morgan fingerprint density at radius 1 is 1.35 bits per heavy atom. The molecule has 1 aromatic carbocycles. The van der Waals surface area contributed by atoms with Gasteiger partial charge in [-0.25, -0.2) is 0 Å². The second-order valence-corrected chi connectivity index (χ2v) is 4.41. The minimum Gasteiger partial charge on any atom is -0.480 e. The van der Waals surface area contributed by atoms with Gasteiger partial charge < -0.3 is 10.4 Å². The van der Waals surface area contributed by atoms with Crippen molar-refractivity contribution in [3.8, 4) is 0 Å². The van der Waals surface area contributed by atoms with Crippen molar-refractivity contribution in [3.05, 3.63) is 35.4 Å². The molecule has 1 aromatic rings. The van der Waals surface area contributed by atoms with Gasteiger partial charge in [0.1, 0.15) is 6.54 Å². The predicted molar refractivity (Wildman–Crippen MR) is 65.0 cm³/mol. The van der Waals surface area contributed by atoms with E-state index in [9.17, 15) is 22.8 Å². The van der Waals surface area contributed by atoms with Crippen LogP contribution in [0.15, 0.2) is 24.3 Å². The number of halogens is 3. The maximum atomic E-state index is 12.5. The number of nitrogens with one attached hydrogen (secondary N) is 1. The van der Waals surface area contributed by atoms with Gasteiger partial charge in [0.15, 0.2) is 0 Å². The lowest BCUT2D eigenvalue weighted by atomic mass is 9.98. The molecule has 0 bridgehead atoms. The molecule has 7 heteroatoms. The van der Waals surface area contributed by atoms with Crippen LogP contribution < -0.4 is 5.32 Å². The SMILES string of the molecule is CC(Cc1cccc(C(F)(F)F)c1)C(=O)NCC(=O)O. The van der Waals surface area contributed by atoms with Gasteiger partial charge in [-0.1, -0.05) is 25.1 Å². The third kappa shape index (κ3) is 4.91. The Bertz CT molecular complexity index is 500. The summed E-state index contributed by atoms with van der Waals surface area (Å²) in [6, 6.07) is 4.72. The van der Waals surface area contributed by atoms with E-state index in [0.717, 1.165) is 12.1 Å². The molecule has 0 aliphatic rings. The zero-order valence-corrected chi connectivity index (χ0v) is 10.7. The minimum atomic E-state index is -4.43. The average molecular weight is 289 g/mol. The zero-order valence-electron chi connectivity index (χ0n) is 10.7. The van der Waals surface area contributed by atoms with E-state index in [2.05, 4.69) is 5.32 Å². The molecule has 0 aromatic heterocycles. The summed E-state index contributed by atoms with van der Waals surface area (Å²) in [5.41, 5.74) is -0.397. The average Bonchev–Trinajstić information content (AvgIpc) is 2.35. The summed E-state index contributed by atoms with van der Waals surface area (Å²) in [5.74, 6) is -2.30. The topological polar surface area (TPSA) is 66.4 Å². The summed E-state index contributed by atoms with van der Waals surface area (Å²) in [6.45, 7) is 1.02. The van der Waals surface area contributed by atoms with Crippen LogP contribution in [-0.2, 0) is 22.2 Å². The van der Waals surface area contributed by atoms with Crippen LogP contribution in [0.5, 0.6) is 0 Å². The second-order valence-electron chi connectivity index (χ2n) is 4.41. The van der Waals surface area contributed by atoms with E-state index < -0.39 is 36.1 Å². The molecule has 20 heavy (non-hydrogen) atoms. The van der Waals surface area contributed by atoms with Crippen LogP contribution in [0.4, 0.5) is 13.2 Å². The Morgan fingerprint density at radius 2 is 2.00 bits per heavy atom. The van der Waals surface area contributed by atoms with E-state index in [-0.39, 0.29) is 6.42 Å². The summed E-state index contributed by atoms with van der Waals surface area (Å²) in [4.78, 5) is 21.8. The highest BCUT2D eigenvalue weighted by Crippen LogP contribution is 2.29. The summed E-state index contributed by atoms with van der Waals surface area (Å²) >= 11 is 0. The number of carbonyl (C=O) groups is 2. The molecule has 0 aliphatic carbocycles. The van der Waals surface area contributed by atoms with Crippen LogP contribution in [0.3, 0.4) is 0 Å². The second kappa shape index (κ2) is 6.40. The van der Waals surface area contributed by atoms with Crippen LogP contribution in [0.1, 0.15) is 18.1 Å². The molecule has 1 rings (SSSR count). The molecular formula is C13H14F3NO3. The van der Waals surface area contributed by atoms with E-state index >= 15 is 0 Å². The molecule has 0 spiro atoms. The normalized spacial score (nSPS) is 12.8. The van der Waals surface area contributed by atoms with E-state index in [1.54, 1.807) is 0 Å². The molecule has 0 heterocycles. The van der Waals surface area contributed by atoms with Crippen LogP contribution in [0.2, 0.25) is 0 Å². The first-order chi connectivity index (χ1) is 9.20. The Balaban J connectivity index is 2.68. The smallest absolute Gasteiger partial charge is 0.416 e. The van der Waals surface area contributed by atoms with Gasteiger partial charge in [0.25, 0.3) is 0 Å². The van der Waals surface area contributed by atoms with E-state index in [1.807, 2.05) is 0 Å². The number of alkyl halides is 3. The number of aliphatic carboxylic acids is 1. The Hall–Kier alpha value is -2.05. The van der Waals surface area contributed by atoms with Crippen molar-refractivity contribution in [1.29, 1.82) is 0 Å². The molecular weight excluding hydrogens is 275 g/mol. The number of benzene rings is 1. The molecule has 0 fully saturated rings. The largest absolute Gasteiger partial charge is 0.480 e.